The van der Waals surface area contributed by atoms with Crippen LogP contribution >= 0.6 is 0 Å². The minimum atomic E-state index is -0.0226. The van der Waals surface area contributed by atoms with Crippen LogP contribution in [0.25, 0.3) is 0 Å². The number of aryl methyl sites for hydroxylation is 2. The maximum absolute atomic E-state index is 5.11. The van der Waals surface area contributed by atoms with Gasteiger partial charge in [-0.3, -0.25) is 4.84 Å². The molecule has 0 bridgehead atoms. The van der Waals surface area contributed by atoms with Crippen LogP contribution in [0.1, 0.15) is 29.7 Å². The first-order chi connectivity index (χ1) is 5.65. The normalized spacial score (nSPS) is 13.0. The van der Waals surface area contributed by atoms with E-state index in [9.17, 15) is 0 Å². The predicted octanol–water partition coefficient (Wildman–Crippen LogP) is 2.25. The minimum absolute atomic E-state index is 0.0226. The maximum atomic E-state index is 5.11. The quantitative estimate of drug-likeness (QED) is 0.682. The molecule has 0 saturated carbocycles. The SMILES string of the molecule is Cc1ccc(C(C)ON)c(C)c1. The van der Waals surface area contributed by atoms with E-state index in [-0.39, 0.29) is 6.10 Å². The van der Waals surface area contributed by atoms with Gasteiger partial charge in [0.1, 0.15) is 6.10 Å². The summed E-state index contributed by atoms with van der Waals surface area (Å²) in [5.74, 6) is 5.11. The van der Waals surface area contributed by atoms with Crippen LogP contribution < -0.4 is 5.90 Å². The van der Waals surface area contributed by atoms with Gasteiger partial charge in [-0.1, -0.05) is 23.8 Å². The van der Waals surface area contributed by atoms with Crippen molar-refractivity contribution < 1.29 is 4.84 Å². The molecule has 0 fully saturated rings. The lowest BCUT2D eigenvalue weighted by Gasteiger charge is -2.12. The zero-order valence-corrected chi connectivity index (χ0v) is 7.79. The lowest BCUT2D eigenvalue weighted by molar-refractivity contribution is 0.0660. The zero-order chi connectivity index (χ0) is 9.14. The molecule has 0 radical (unpaired) electrons. The lowest BCUT2D eigenvalue weighted by Crippen LogP contribution is -2.06. The number of hydrogen-bond donors (Lipinski definition) is 1. The monoisotopic (exact) mass is 165 g/mol. The minimum Gasteiger partial charge on any atom is -0.297 e. The molecule has 0 aliphatic rings. The van der Waals surface area contributed by atoms with E-state index in [4.69, 9.17) is 10.7 Å². The van der Waals surface area contributed by atoms with E-state index in [0.29, 0.717) is 0 Å². The summed E-state index contributed by atoms with van der Waals surface area (Å²) < 4.78 is 0. The van der Waals surface area contributed by atoms with Crippen molar-refractivity contribution in [1.29, 1.82) is 0 Å². The van der Waals surface area contributed by atoms with Gasteiger partial charge in [0, 0.05) is 0 Å². The third kappa shape index (κ3) is 1.84. The van der Waals surface area contributed by atoms with Crippen LogP contribution in [-0.2, 0) is 4.84 Å². The van der Waals surface area contributed by atoms with E-state index in [1.807, 2.05) is 6.92 Å². The Morgan fingerprint density at radius 3 is 2.50 bits per heavy atom. The largest absolute Gasteiger partial charge is 0.297 e. The highest BCUT2D eigenvalue weighted by molar-refractivity contribution is 5.31. The van der Waals surface area contributed by atoms with Crippen LogP contribution in [0.4, 0.5) is 0 Å². The number of nitrogens with two attached hydrogens (primary N) is 1. The predicted molar refractivity (Wildman–Crippen MR) is 49.6 cm³/mol. The summed E-state index contributed by atoms with van der Waals surface area (Å²) in [5.41, 5.74) is 3.65. The van der Waals surface area contributed by atoms with Crippen LogP contribution in [-0.4, -0.2) is 0 Å². The van der Waals surface area contributed by atoms with E-state index < -0.39 is 0 Å². The molecule has 2 heteroatoms. The van der Waals surface area contributed by atoms with Gasteiger partial charge in [-0.2, -0.15) is 0 Å². The molecule has 1 unspecified atom stereocenters. The van der Waals surface area contributed by atoms with Crippen LogP contribution in [0.3, 0.4) is 0 Å². The molecule has 1 aromatic carbocycles. The van der Waals surface area contributed by atoms with Gasteiger partial charge in [0.05, 0.1) is 0 Å². The Labute approximate surface area is 73.3 Å². The van der Waals surface area contributed by atoms with Gasteiger partial charge < -0.3 is 0 Å². The first-order valence-electron chi connectivity index (χ1n) is 4.08. The average molecular weight is 165 g/mol. The van der Waals surface area contributed by atoms with E-state index in [1.54, 1.807) is 0 Å². The van der Waals surface area contributed by atoms with Crippen LogP contribution in [0.15, 0.2) is 18.2 Å². The maximum Gasteiger partial charge on any atom is 0.101 e. The molecular weight excluding hydrogens is 150 g/mol. The molecule has 12 heavy (non-hydrogen) atoms. The molecule has 0 aromatic heterocycles. The summed E-state index contributed by atoms with van der Waals surface area (Å²) >= 11 is 0. The van der Waals surface area contributed by atoms with Crippen molar-refractivity contribution in [3.63, 3.8) is 0 Å². The second-order valence-corrected chi connectivity index (χ2v) is 3.14. The first-order valence-corrected chi connectivity index (χ1v) is 4.08. The van der Waals surface area contributed by atoms with E-state index >= 15 is 0 Å². The Bertz CT molecular complexity index is 271. The Hall–Kier alpha value is -0.860. The molecule has 1 atom stereocenters. The third-order valence-corrected chi connectivity index (χ3v) is 2.07. The molecular formula is C10H15NO. The van der Waals surface area contributed by atoms with Crippen LogP contribution in [0, 0.1) is 13.8 Å². The van der Waals surface area contributed by atoms with Crippen LogP contribution in [0.2, 0.25) is 0 Å². The highest BCUT2D eigenvalue weighted by Gasteiger charge is 2.06. The smallest absolute Gasteiger partial charge is 0.101 e. The van der Waals surface area contributed by atoms with Gasteiger partial charge in [-0.25, -0.2) is 5.90 Å². The summed E-state index contributed by atoms with van der Waals surface area (Å²) in [7, 11) is 0. The second kappa shape index (κ2) is 3.70. The summed E-state index contributed by atoms with van der Waals surface area (Å²) in [6.07, 6.45) is -0.0226. The van der Waals surface area contributed by atoms with Crippen molar-refractivity contribution in [3.05, 3.63) is 34.9 Å². The highest BCUT2D eigenvalue weighted by Crippen LogP contribution is 2.19. The van der Waals surface area contributed by atoms with Crippen LogP contribution in [0.5, 0.6) is 0 Å². The fourth-order valence-electron chi connectivity index (χ4n) is 1.36. The van der Waals surface area contributed by atoms with Crippen molar-refractivity contribution in [3.8, 4) is 0 Å². The van der Waals surface area contributed by atoms with E-state index in [1.165, 1.54) is 11.1 Å². The Kier molecular flexibility index (Phi) is 2.84. The summed E-state index contributed by atoms with van der Waals surface area (Å²) in [5, 5.41) is 0. The molecule has 1 rings (SSSR count). The first kappa shape index (κ1) is 9.23. The standard InChI is InChI=1S/C10H15NO/c1-7-4-5-10(8(2)6-7)9(3)12-11/h4-6,9H,11H2,1-3H3. The second-order valence-electron chi connectivity index (χ2n) is 3.14. The van der Waals surface area contributed by atoms with E-state index in [0.717, 1.165) is 5.56 Å². The van der Waals surface area contributed by atoms with Crippen molar-refractivity contribution in [2.24, 2.45) is 5.90 Å². The van der Waals surface area contributed by atoms with Gasteiger partial charge in [-0.05, 0) is 31.9 Å². The van der Waals surface area contributed by atoms with E-state index in [2.05, 4.69) is 32.0 Å². The van der Waals surface area contributed by atoms with Gasteiger partial charge in [0.25, 0.3) is 0 Å². The molecule has 2 nitrogen and oxygen atoms in total. The van der Waals surface area contributed by atoms with Crippen molar-refractivity contribution in [2.75, 3.05) is 0 Å². The summed E-state index contributed by atoms with van der Waals surface area (Å²) in [6.45, 7) is 6.08. The topological polar surface area (TPSA) is 35.2 Å². The average Bonchev–Trinajstić information content (AvgIpc) is 2.03. The molecule has 66 valence electrons. The molecule has 2 N–H and O–H groups in total. The molecule has 0 saturated heterocycles. The Morgan fingerprint density at radius 2 is 2.00 bits per heavy atom. The van der Waals surface area contributed by atoms with Crippen molar-refractivity contribution in [1.82, 2.24) is 0 Å². The molecule has 0 aliphatic carbocycles. The molecule has 0 aliphatic heterocycles. The van der Waals surface area contributed by atoms with Gasteiger partial charge >= 0.3 is 0 Å². The number of hydrogen-bond acceptors (Lipinski definition) is 2. The lowest BCUT2D eigenvalue weighted by atomic mass is 10.0. The highest BCUT2D eigenvalue weighted by atomic mass is 16.6. The van der Waals surface area contributed by atoms with Crippen molar-refractivity contribution in [2.45, 2.75) is 26.9 Å². The molecule has 0 heterocycles. The molecule has 1 aromatic rings. The number of rotatable bonds is 2. The Morgan fingerprint density at radius 1 is 1.33 bits per heavy atom. The summed E-state index contributed by atoms with van der Waals surface area (Å²) in [6, 6.07) is 6.25. The fourth-order valence-corrected chi connectivity index (χ4v) is 1.36. The van der Waals surface area contributed by atoms with Crippen molar-refractivity contribution >= 4 is 0 Å². The van der Waals surface area contributed by atoms with Gasteiger partial charge in [-0.15, -0.1) is 0 Å². The van der Waals surface area contributed by atoms with Gasteiger partial charge in [0.2, 0.25) is 0 Å². The zero-order valence-electron chi connectivity index (χ0n) is 7.79. The Balaban J connectivity index is 3.01. The summed E-state index contributed by atoms with van der Waals surface area (Å²) in [4.78, 5) is 4.76. The number of benzene rings is 1. The fraction of sp³-hybridized carbons (Fsp3) is 0.400. The molecule has 0 amide bonds. The molecule has 0 spiro atoms. The third-order valence-electron chi connectivity index (χ3n) is 2.07. The van der Waals surface area contributed by atoms with Gasteiger partial charge in [0.15, 0.2) is 0 Å².